The number of hydrogen-bond donors (Lipinski definition) is 3. The summed E-state index contributed by atoms with van der Waals surface area (Å²) in [6, 6.07) is 6.62. The first-order chi connectivity index (χ1) is 9.90. The first kappa shape index (κ1) is 17.5. The SMILES string of the molecule is CC(C)CC(O)CNC(=O)CNC(=O)c1ccccc1Cl. The molecule has 1 rings (SSSR count). The van der Waals surface area contributed by atoms with Crippen molar-refractivity contribution in [2.45, 2.75) is 26.4 Å². The molecule has 2 amide bonds. The van der Waals surface area contributed by atoms with Gasteiger partial charge >= 0.3 is 0 Å². The van der Waals surface area contributed by atoms with E-state index < -0.39 is 12.0 Å². The van der Waals surface area contributed by atoms with Gasteiger partial charge in [0.15, 0.2) is 0 Å². The maximum atomic E-state index is 11.8. The van der Waals surface area contributed by atoms with Crippen molar-refractivity contribution >= 4 is 23.4 Å². The van der Waals surface area contributed by atoms with E-state index in [0.717, 1.165) is 0 Å². The van der Waals surface area contributed by atoms with Gasteiger partial charge in [0, 0.05) is 6.54 Å². The van der Waals surface area contributed by atoms with Crippen molar-refractivity contribution in [1.29, 1.82) is 0 Å². The number of hydrogen-bond acceptors (Lipinski definition) is 3. The van der Waals surface area contributed by atoms with E-state index in [1.165, 1.54) is 0 Å². The lowest BCUT2D eigenvalue weighted by Gasteiger charge is -2.14. The summed E-state index contributed by atoms with van der Waals surface area (Å²) in [6.07, 6.45) is 0.0416. The number of halogens is 1. The molecule has 0 saturated carbocycles. The average molecular weight is 313 g/mol. The Balaban J connectivity index is 2.33. The number of carbonyl (C=O) groups excluding carboxylic acids is 2. The fourth-order valence-corrected chi connectivity index (χ4v) is 2.04. The van der Waals surface area contributed by atoms with E-state index in [-0.39, 0.29) is 19.0 Å². The van der Waals surface area contributed by atoms with Crippen LogP contribution in [0.3, 0.4) is 0 Å². The van der Waals surface area contributed by atoms with Crippen LogP contribution in [0.1, 0.15) is 30.6 Å². The number of benzene rings is 1. The highest BCUT2D eigenvalue weighted by Gasteiger charge is 2.12. The Morgan fingerprint density at radius 1 is 1.24 bits per heavy atom. The van der Waals surface area contributed by atoms with Crippen LogP contribution in [-0.4, -0.2) is 36.1 Å². The molecule has 0 radical (unpaired) electrons. The molecule has 0 spiro atoms. The van der Waals surface area contributed by atoms with Gasteiger partial charge in [-0.1, -0.05) is 37.6 Å². The zero-order valence-corrected chi connectivity index (χ0v) is 13.0. The van der Waals surface area contributed by atoms with Crippen LogP contribution in [0.4, 0.5) is 0 Å². The van der Waals surface area contributed by atoms with Crippen LogP contribution >= 0.6 is 11.6 Å². The minimum Gasteiger partial charge on any atom is -0.391 e. The van der Waals surface area contributed by atoms with Crippen molar-refractivity contribution in [3.63, 3.8) is 0 Å². The van der Waals surface area contributed by atoms with Gasteiger partial charge in [-0.25, -0.2) is 0 Å². The lowest BCUT2D eigenvalue weighted by atomic mass is 10.1. The molecule has 0 bridgehead atoms. The molecule has 0 heterocycles. The third-order valence-electron chi connectivity index (χ3n) is 2.81. The van der Waals surface area contributed by atoms with Crippen molar-refractivity contribution in [2.75, 3.05) is 13.1 Å². The molecule has 6 heteroatoms. The van der Waals surface area contributed by atoms with E-state index in [2.05, 4.69) is 10.6 Å². The van der Waals surface area contributed by atoms with Gasteiger partial charge in [0.2, 0.25) is 5.91 Å². The monoisotopic (exact) mass is 312 g/mol. The molecule has 0 aliphatic carbocycles. The molecule has 0 saturated heterocycles. The molecule has 21 heavy (non-hydrogen) atoms. The number of amides is 2. The number of aliphatic hydroxyl groups excluding tert-OH is 1. The average Bonchev–Trinajstić information content (AvgIpc) is 2.42. The van der Waals surface area contributed by atoms with Crippen molar-refractivity contribution in [2.24, 2.45) is 5.92 Å². The maximum Gasteiger partial charge on any atom is 0.253 e. The first-order valence-corrected chi connectivity index (χ1v) is 7.25. The molecular weight excluding hydrogens is 292 g/mol. The Hall–Kier alpha value is -1.59. The van der Waals surface area contributed by atoms with Gasteiger partial charge < -0.3 is 15.7 Å². The summed E-state index contributed by atoms with van der Waals surface area (Å²) in [7, 11) is 0. The summed E-state index contributed by atoms with van der Waals surface area (Å²) in [5.74, 6) is -0.395. The second kappa shape index (κ2) is 8.64. The predicted molar refractivity (Wildman–Crippen MR) is 82.3 cm³/mol. The van der Waals surface area contributed by atoms with Gasteiger partial charge in [-0.15, -0.1) is 0 Å². The van der Waals surface area contributed by atoms with E-state index in [9.17, 15) is 14.7 Å². The number of nitrogens with one attached hydrogen (secondary N) is 2. The number of aliphatic hydroxyl groups is 1. The van der Waals surface area contributed by atoms with Gasteiger partial charge in [0.1, 0.15) is 0 Å². The zero-order valence-electron chi connectivity index (χ0n) is 12.2. The fourth-order valence-electron chi connectivity index (χ4n) is 1.82. The summed E-state index contributed by atoms with van der Waals surface area (Å²) in [6.45, 7) is 4.02. The third-order valence-corrected chi connectivity index (χ3v) is 3.14. The first-order valence-electron chi connectivity index (χ1n) is 6.87. The quantitative estimate of drug-likeness (QED) is 0.715. The third kappa shape index (κ3) is 6.60. The van der Waals surface area contributed by atoms with Gasteiger partial charge in [0.25, 0.3) is 5.91 Å². The Kier molecular flexibility index (Phi) is 7.19. The van der Waals surface area contributed by atoms with Crippen LogP contribution in [0.15, 0.2) is 24.3 Å². The smallest absolute Gasteiger partial charge is 0.253 e. The molecule has 0 aliphatic heterocycles. The summed E-state index contributed by atoms with van der Waals surface area (Å²) < 4.78 is 0. The van der Waals surface area contributed by atoms with Crippen LogP contribution in [0.2, 0.25) is 5.02 Å². The second-order valence-corrected chi connectivity index (χ2v) is 5.66. The minimum atomic E-state index is -0.576. The van der Waals surface area contributed by atoms with Crippen LogP contribution in [0.25, 0.3) is 0 Å². The Labute approximate surface area is 129 Å². The molecule has 0 fully saturated rings. The van der Waals surface area contributed by atoms with Crippen LogP contribution in [-0.2, 0) is 4.79 Å². The van der Waals surface area contributed by atoms with Crippen molar-refractivity contribution in [1.82, 2.24) is 10.6 Å². The Morgan fingerprint density at radius 2 is 1.90 bits per heavy atom. The van der Waals surface area contributed by atoms with Crippen LogP contribution < -0.4 is 10.6 Å². The zero-order chi connectivity index (χ0) is 15.8. The summed E-state index contributed by atoms with van der Waals surface area (Å²) in [5, 5.41) is 15.0. The molecule has 1 atom stereocenters. The highest BCUT2D eigenvalue weighted by atomic mass is 35.5. The standard InChI is InChI=1S/C15H21ClN2O3/c1-10(2)7-11(19)8-17-14(20)9-18-15(21)12-5-3-4-6-13(12)16/h3-6,10-11,19H,7-9H2,1-2H3,(H,17,20)(H,18,21). The largest absolute Gasteiger partial charge is 0.391 e. The van der Waals surface area contributed by atoms with Gasteiger partial charge in [-0.3, -0.25) is 9.59 Å². The molecule has 0 aromatic heterocycles. The molecule has 1 aromatic rings. The Morgan fingerprint density at radius 3 is 2.52 bits per heavy atom. The second-order valence-electron chi connectivity index (χ2n) is 5.25. The van der Waals surface area contributed by atoms with Crippen molar-refractivity contribution in [3.05, 3.63) is 34.9 Å². The van der Waals surface area contributed by atoms with Crippen molar-refractivity contribution < 1.29 is 14.7 Å². The van der Waals surface area contributed by atoms with Gasteiger partial charge in [0.05, 0.1) is 23.2 Å². The summed E-state index contributed by atoms with van der Waals surface area (Å²) in [5.41, 5.74) is 0.326. The van der Waals surface area contributed by atoms with Crippen LogP contribution in [0.5, 0.6) is 0 Å². The normalized spacial score (nSPS) is 12.0. The highest BCUT2D eigenvalue weighted by Crippen LogP contribution is 2.14. The molecule has 116 valence electrons. The minimum absolute atomic E-state index is 0.154. The van der Waals surface area contributed by atoms with Gasteiger partial charge in [-0.05, 0) is 24.5 Å². The van der Waals surface area contributed by atoms with Gasteiger partial charge in [-0.2, -0.15) is 0 Å². The van der Waals surface area contributed by atoms with E-state index in [4.69, 9.17) is 11.6 Å². The molecule has 1 aromatic carbocycles. The highest BCUT2D eigenvalue weighted by molar-refractivity contribution is 6.33. The molecule has 5 nitrogen and oxygen atoms in total. The lowest BCUT2D eigenvalue weighted by Crippen LogP contribution is -2.40. The molecular formula is C15H21ClN2O3. The van der Waals surface area contributed by atoms with Crippen LogP contribution in [0, 0.1) is 5.92 Å². The fraction of sp³-hybridized carbons (Fsp3) is 0.467. The van der Waals surface area contributed by atoms with E-state index >= 15 is 0 Å². The summed E-state index contributed by atoms with van der Waals surface area (Å²) >= 11 is 5.89. The van der Waals surface area contributed by atoms with E-state index in [1.807, 2.05) is 13.8 Å². The molecule has 0 aliphatic rings. The molecule has 1 unspecified atom stereocenters. The summed E-state index contributed by atoms with van der Waals surface area (Å²) in [4.78, 5) is 23.4. The van der Waals surface area contributed by atoms with E-state index in [1.54, 1.807) is 24.3 Å². The topological polar surface area (TPSA) is 78.4 Å². The maximum absolute atomic E-state index is 11.8. The van der Waals surface area contributed by atoms with E-state index in [0.29, 0.717) is 22.9 Å². The predicted octanol–water partition coefficient (Wildman–Crippen LogP) is 1.59. The number of rotatable bonds is 7. The number of carbonyl (C=O) groups is 2. The Bertz CT molecular complexity index is 492. The lowest BCUT2D eigenvalue weighted by molar-refractivity contribution is -0.120. The van der Waals surface area contributed by atoms with Crippen molar-refractivity contribution in [3.8, 4) is 0 Å². The molecule has 3 N–H and O–H groups in total.